The molecule has 1 aromatic heterocycles. The van der Waals surface area contributed by atoms with Gasteiger partial charge < -0.3 is 15.5 Å². The zero-order chi connectivity index (χ0) is 19.7. The number of rotatable bonds is 6. The minimum atomic E-state index is -0.393. The normalized spacial score (nSPS) is 27.4. The van der Waals surface area contributed by atoms with Crippen LogP contribution >= 0.6 is 0 Å². The Hall–Kier alpha value is -2.48. The summed E-state index contributed by atoms with van der Waals surface area (Å²) in [7, 11) is 0. The van der Waals surface area contributed by atoms with Gasteiger partial charge >= 0.3 is 0 Å². The Morgan fingerprint density at radius 3 is 2.79 bits per heavy atom. The fourth-order valence-electron chi connectivity index (χ4n) is 4.30. The maximum Gasteiger partial charge on any atom is 0.242 e. The first-order chi connectivity index (χ1) is 13.5. The molecule has 0 unspecified atom stereocenters. The molecule has 28 heavy (non-hydrogen) atoms. The van der Waals surface area contributed by atoms with E-state index in [-0.39, 0.29) is 35.7 Å². The third-order valence-corrected chi connectivity index (χ3v) is 5.80. The van der Waals surface area contributed by atoms with Gasteiger partial charge in [0.2, 0.25) is 17.7 Å². The molecule has 1 aliphatic carbocycles. The monoisotopic (exact) mass is 385 g/mol. The van der Waals surface area contributed by atoms with Crippen molar-refractivity contribution >= 4 is 17.7 Å². The molecule has 150 valence electrons. The third kappa shape index (κ3) is 4.16. The van der Waals surface area contributed by atoms with Gasteiger partial charge in [0.05, 0.1) is 0 Å². The lowest BCUT2D eigenvalue weighted by atomic mass is 10.0. The Morgan fingerprint density at radius 2 is 2.11 bits per heavy atom. The molecule has 0 radical (unpaired) electrons. The minimum Gasteiger partial charge on any atom is -0.354 e. The summed E-state index contributed by atoms with van der Waals surface area (Å²) in [5, 5.41) is 5.91. The molecule has 4 rings (SSSR count). The molecule has 8 heteroatoms. The van der Waals surface area contributed by atoms with Crippen LogP contribution in [0.15, 0.2) is 24.5 Å². The number of nitrogens with one attached hydrogen (secondary N) is 2. The lowest BCUT2D eigenvalue weighted by molar-refractivity contribution is -0.144. The molecule has 1 aromatic rings. The van der Waals surface area contributed by atoms with Gasteiger partial charge in [0.15, 0.2) is 0 Å². The maximum atomic E-state index is 13.2. The zero-order valence-electron chi connectivity index (χ0n) is 16.1. The van der Waals surface area contributed by atoms with E-state index in [1.165, 1.54) is 6.92 Å². The number of hydrogen-bond donors (Lipinski definition) is 2. The number of amides is 3. The molecule has 3 atom stereocenters. The maximum absolute atomic E-state index is 13.2. The van der Waals surface area contributed by atoms with Gasteiger partial charge in [0, 0.05) is 63.5 Å². The number of carbonyl (C=O) groups is 3. The molecule has 3 aliphatic rings. The van der Waals surface area contributed by atoms with Gasteiger partial charge in [0.25, 0.3) is 0 Å². The van der Waals surface area contributed by atoms with Crippen molar-refractivity contribution in [3.63, 3.8) is 0 Å². The molecule has 3 amide bonds. The lowest BCUT2D eigenvalue weighted by Crippen LogP contribution is -2.62. The van der Waals surface area contributed by atoms with Gasteiger partial charge in [-0.2, -0.15) is 0 Å². The summed E-state index contributed by atoms with van der Waals surface area (Å²) >= 11 is 0. The summed E-state index contributed by atoms with van der Waals surface area (Å²) in [5.41, 5.74) is 1.04. The van der Waals surface area contributed by atoms with Gasteiger partial charge in [-0.1, -0.05) is 6.07 Å². The Labute approximate surface area is 164 Å². The summed E-state index contributed by atoms with van der Waals surface area (Å²) in [6, 6.07) is 3.57. The number of aromatic nitrogens is 1. The van der Waals surface area contributed by atoms with E-state index in [1.54, 1.807) is 6.20 Å². The topological polar surface area (TPSA) is 94.6 Å². The quantitative estimate of drug-likeness (QED) is 0.713. The van der Waals surface area contributed by atoms with Crippen molar-refractivity contribution in [2.24, 2.45) is 5.92 Å². The van der Waals surface area contributed by atoms with Gasteiger partial charge in [-0.3, -0.25) is 24.3 Å². The van der Waals surface area contributed by atoms with Crippen LogP contribution in [0.25, 0.3) is 0 Å². The first kappa shape index (κ1) is 18.9. The minimum absolute atomic E-state index is 0.00787. The van der Waals surface area contributed by atoms with Crippen molar-refractivity contribution < 1.29 is 14.4 Å². The molecule has 0 bridgehead atoms. The molecule has 1 saturated carbocycles. The van der Waals surface area contributed by atoms with Crippen molar-refractivity contribution in [3.8, 4) is 0 Å². The van der Waals surface area contributed by atoms with Crippen LogP contribution in [0.4, 0.5) is 0 Å². The van der Waals surface area contributed by atoms with E-state index < -0.39 is 6.04 Å². The molecule has 3 heterocycles. The SMILES string of the molecule is CC(=O)N[C@H]1C[C@H]2CN(Cc3cccnc3)[C@@H](CNC(=O)C3CC3)C(=O)N2C1. The van der Waals surface area contributed by atoms with Gasteiger partial charge in [-0.15, -0.1) is 0 Å². The van der Waals surface area contributed by atoms with Crippen molar-refractivity contribution in [1.29, 1.82) is 0 Å². The van der Waals surface area contributed by atoms with E-state index in [0.29, 0.717) is 19.6 Å². The highest BCUT2D eigenvalue weighted by atomic mass is 16.2. The predicted molar refractivity (Wildman–Crippen MR) is 102 cm³/mol. The number of pyridine rings is 1. The zero-order valence-corrected chi connectivity index (χ0v) is 16.1. The molecule has 0 aromatic carbocycles. The summed E-state index contributed by atoms with van der Waals surface area (Å²) in [6.45, 7) is 3.70. The molecule has 2 N–H and O–H groups in total. The molecule has 2 saturated heterocycles. The Bertz CT molecular complexity index is 751. The van der Waals surface area contributed by atoms with Crippen molar-refractivity contribution in [2.75, 3.05) is 19.6 Å². The van der Waals surface area contributed by atoms with E-state index in [1.807, 2.05) is 23.2 Å². The predicted octanol–water partition coefficient (Wildman–Crippen LogP) is -0.102. The molecule has 2 aliphatic heterocycles. The van der Waals surface area contributed by atoms with Crippen LogP contribution in [-0.2, 0) is 20.9 Å². The van der Waals surface area contributed by atoms with Crippen molar-refractivity contribution in [2.45, 2.75) is 50.9 Å². The summed E-state index contributed by atoms with van der Waals surface area (Å²) < 4.78 is 0. The van der Waals surface area contributed by atoms with Crippen LogP contribution in [0, 0.1) is 5.92 Å². The van der Waals surface area contributed by atoms with Gasteiger partial charge in [0.1, 0.15) is 6.04 Å². The summed E-state index contributed by atoms with van der Waals surface area (Å²) in [4.78, 5) is 45.0. The Morgan fingerprint density at radius 1 is 1.29 bits per heavy atom. The van der Waals surface area contributed by atoms with E-state index in [2.05, 4.69) is 20.5 Å². The highest BCUT2D eigenvalue weighted by molar-refractivity contribution is 5.86. The van der Waals surface area contributed by atoms with Crippen LogP contribution < -0.4 is 10.6 Å². The summed E-state index contributed by atoms with van der Waals surface area (Å²) in [6.07, 6.45) is 6.18. The number of nitrogens with zero attached hydrogens (tertiary/aromatic N) is 3. The van der Waals surface area contributed by atoms with Gasteiger partial charge in [-0.05, 0) is 30.9 Å². The highest BCUT2D eigenvalue weighted by Gasteiger charge is 2.45. The van der Waals surface area contributed by atoms with Crippen LogP contribution in [0.3, 0.4) is 0 Å². The standard InChI is InChI=1S/C20H27N5O3/c1-13(26)23-16-7-17-12-24(10-14-3-2-6-21-8-14)18(20(28)25(17)11-16)9-22-19(27)15-4-5-15/h2-3,6,8,15-18H,4-5,7,9-12H2,1H3,(H,22,27)(H,23,26)/t16-,17-,18-/m0/s1. The smallest absolute Gasteiger partial charge is 0.242 e. The average Bonchev–Trinajstić information content (AvgIpc) is 3.43. The fourth-order valence-corrected chi connectivity index (χ4v) is 4.30. The summed E-state index contributed by atoms with van der Waals surface area (Å²) in [5.74, 6) is 0.129. The first-order valence-electron chi connectivity index (χ1n) is 9.99. The Kier molecular flexibility index (Phi) is 5.30. The first-order valence-corrected chi connectivity index (χ1v) is 9.99. The third-order valence-electron chi connectivity index (χ3n) is 5.80. The van der Waals surface area contributed by atoms with E-state index in [9.17, 15) is 14.4 Å². The highest BCUT2D eigenvalue weighted by Crippen LogP contribution is 2.30. The Balaban J connectivity index is 1.48. The molecular formula is C20H27N5O3. The van der Waals surface area contributed by atoms with Crippen LogP contribution in [0.1, 0.15) is 31.7 Å². The fraction of sp³-hybridized carbons (Fsp3) is 0.600. The largest absolute Gasteiger partial charge is 0.354 e. The molecule has 0 spiro atoms. The van der Waals surface area contributed by atoms with Crippen LogP contribution in [-0.4, -0.2) is 70.3 Å². The molecule has 8 nitrogen and oxygen atoms in total. The average molecular weight is 385 g/mol. The second-order valence-electron chi connectivity index (χ2n) is 8.10. The van der Waals surface area contributed by atoms with E-state index in [0.717, 1.165) is 31.4 Å². The van der Waals surface area contributed by atoms with E-state index >= 15 is 0 Å². The number of hydrogen-bond acceptors (Lipinski definition) is 5. The van der Waals surface area contributed by atoms with Crippen LogP contribution in [0.5, 0.6) is 0 Å². The number of piperazine rings is 1. The lowest BCUT2D eigenvalue weighted by Gasteiger charge is -2.42. The second kappa shape index (κ2) is 7.87. The second-order valence-corrected chi connectivity index (χ2v) is 8.10. The number of carbonyl (C=O) groups excluding carboxylic acids is 3. The van der Waals surface area contributed by atoms with Crippen molar-refractivity contribution in [3.05, 3.63) is 30.1 Å². The van der Waals surface area contributed by atoms with Crippen LogP contribution in [0.2, 0.25) is 0 Å². The molecular weight excluding hydrogens is 358 g/mol. The van der Waals surface area contributed by atoms with Crippen molar-refractivity contribution in [1.82, 2.24) is 25.4 Å². The van der Waals surface area contributed by atoms with Gasteiger partial charge in [-0.25, -0.2) is 0 Å². The van der Waals surface area contributed by atoms with E-state index in [4.69, 9.17) is 0 Å². The number of fused-ring (bicyclic) bond motifs is 1. The molecule has 3 fully saturated rings.